The van der Waals surface area contributed by atoms with Crippen LogP contribution in [0.4, 0.5) is 5.69 Å². The zero-order valence-corrected chi connectivity index (χ0v) is 14.1. The normalized spacial score (nSPS) is 29.8. The molecule has 2 aliphatic carbocycles. The van der Waals surface area contributed by atoms with Crippen molar-refractivity contribution in [3.05, 3.63) is 23.8 Å². The molecule has 2 saturated carbocycles. The predicted octanol–water partition coefficient (Wildman–Crippen LogP) is 3.29. The van der Waals surface area contributed by atoms with Crippen molar-refractivity contribution in [2.75, 3.05) is 11.1 Å². The molecule has 4 atom stereocenters. The Morgan fingerprint density at radius 1 is 1.35 bits per heavy atom. The molecule has 0 spiro atoms. The highest BCUT2D eigenvalue weighted by Gasteiger charge is 2.42. The molecular weight excluding hydrogens is 308 g/mol. The Hall–Kier alpha value is -1.49. The summed E-state index contributed by atoms with van der Waals surface area (Å²) in [5, 5.41) is 6.03. The number of carbonyl (C=O) groups is 2. The van der Waals surface area contributed by atoms with Gasteiger partial charge in [-0.15, -0.1) is 11.8 Å². The molecule has 1 heterocycles. The van der Waals surface area contributed by atoms with Crippen LogP contribution in [0, 0.1) is 17.8 Å². The van der Waals surface area contributed by atoms with Gasteiger partial charge in [0.2, 0.25) is 5.91 Å². The summed E-state index contributed by atoms with van der Waals surface area (Å²) in [5.74, 6) is 2.73. The number of amides is 2. The van der Waals surface area contributed by atoms with E-state index in [0.29, 0.717) is 17.2 Å². The summed E-state index contributed by atoms with van der Waals surface area (Å²) in [6.07, 6.45) is 5.33. The average Bonchev–Trinajstić information content (AvgIpc) is 3.17. The maximum absolute atomic E-state index is 12.6. The number of hydrogen-bond donors (Lipinski definition) is 2. The van der Waals surface area contributed by atoms with E-state index in [4.69, 9.17) is 0 Å². The van der Waals surface area contributed by atoms with E-state index in [9.17, 15) is 9.59 Å². The smallest absolute Gasteiger partial charge is 0.251 e. The third-order valence-electron chi connectivity index (χ3n) is 5.67. The first-order valence-electron chi connectivity index (χ1n) is 8.47. The second kappa shape index (κ2) is 5.86. The van der Waals surface area contributed by atoms with Crippen LogP contribution in [0.1, 0.15) is 43.0 Å². The molecule has 5 heteroatoms. The molecule has 4 unspecified atom stereocenters. The van der Waals surface area contributed by atoms with Gasteiger partial charge in [-0.2, -0.15) is 0 Å². The van der Waals surface area contributed by atoms with Crippen LogP contribution in [0.3, 0.4) is 0 Å². The molecule has 2 amide bonds. The zero-order chi connectivity index (χ0) is 16.0. The summed E-state index contributed by atoms with van der Waals surface area (Å²) in [6.45, 7) is 2.14. The Balaban J connectivity index is 1.45. The average molecular weight is 330 g/mol. The predicted molar refractivity (Wildman–Crippen MR) is 91.7 cm³/mol. The van der Waals surface area contributed by atoms with Crippen LogP contribution < -0.4 is 10.6 Å². The molecule has 0 aromatic heterocycles. The number of benzene rings is 1. The minimum Gasteiger partial charge on any atom is -0.349 e. The first-order chi connectivity index (χ1) is 11.1. The molecule has 1 aromatic carbocycles. The molecule has 122 valence electrons. The van der Waals surface area contributed by atoms with Gasteiger partial charge >= 0.3 is 0 Å². The van der Waals surface area contributed by atoms with E-state index in [1.54, 1.807) is 6.07 Å². The molecule has 2 bridgehead atoms. The van der Waals surface area contributed by atoms with Crippen LogP contribution in [0.2, 0.25) is 0 Å². The standard InChI is InChI=1S/C18H22N2O2S/c1-10(14-7-11-2-3-12(14)6-11)19-18(22)13-4-5-16-15(8-13)20-17(21)9-23-16/h4-5,8,10-12,14H,2-3,6-7,9H2,1H3,(H,19,22)(H,20,21). The molecule has 0 radical (unpaired) electrons. The van der Waals surface area contributed by atoms with E-state index >= 15 is 0 Å². The van der Waals surface area contributed by atoms with E-state index in [0.717, 1.165) is 22.4 Å². The number of fused-ring (bicyclic) bond motifs is 3. The molecule has 4 rings (SSSR count). The summed E-state index contributed by atoms with van der Waals surface area (Å²) >= 11 is 1.52. The summed E-state index contributed by atoms with van der Waals surface area (Å²) < 4.78 is 0. The lowest BCUT2D eigenvalue weighted by molar-refractivity contribution is -0.113. The highest BCUT2D eigenvalue weighted by atomic mass is 32.2. The fourth-order valence-electron chi connectivity index (χ4n) is 4.53. The largest absolute Gasteiger partial charge is 0.349 e. The lowest BCUT2D eigenvalue weighted by Gasteiger charge is -2.28. The summed E-state index contributed by atoms with van der Waals surface area (Å²) in [5.41, 5.74) is 1.38. The fraction of sp³-hybridized carbons (Fsp3) is 0.556. The van der Waals surface area contributed by atoms with Crippen molar-refractivity contribution in [1.29, 1.82) is 0 Å². The summed E-state index contributed by atoms with van der Waals surface area (Å²) in [7, 11) is 0. The van der Waals surface area contributed by atoms with Gasteiger partial charge in [0.25, 0.3) is 5.91 Å². The van der Waals surface area contributed by atoms with Gasteiger partial charge in [0.15, 0.2) is 0 Å². The summed E-state index contributed by atoms with van der Waals surface area (Å²) in [6, 6.07) is 5.79. The van der Waals surface area contributed by atoms with Crippen molar-refractivity contribution in [3.63, 3.8) is 0 Å². The third kappa shape index (κ3) is 2.87. The van der Waals surface area contributed by atoms with E-state index in [2.05, 4.69) is 17.6 Å². The van der Waals surface area contributed by atoms with E-state index in [1.165, 1.54) is 37.4 Å². The van der Waals surface area contributed by atoms with E-state index in [-0.39, 0.29) is 17.9 Å². The molecule has 1 aliphatic heterocycles. The fourth-order valence-corrected chi connectivity index (χ4v) is 5.32. The van der Waals surface area contributed by atoms with Crippen molar-refractivity contribution in [1.82, 2.24) is 5.32 Å². The van der Waals surface area contributed by atoms with Gasteiger partial charge < -0.3 is 10.6 Å². The Morgan fingerprint density at radius 3 is 2.96 bits per heavy atom. The number of thioether (sulfide) groups is 1. The third-order valence-corrected chi connectivity index (χ3v) is 6.74. The number of carbonyl (C=O) groups excluding carboxylic acids is 2. The van der Waals surface area contributed by atoms with Crippen LogP contribution in [-0.2, 0) is 4.79 Å². The summed E-state index contributed by atoms with van der Waals surface area (Å²) in [4.78, 5) is 25.1. The maximum Gasteiger partial charge on any atom is 0.251 e. The van der Waals surface area contributed by atoms with Gasteiger partial charge in [-0.1, -0.05) is 6.42 Å². The van der Waals surface area contributed by atoms with Gasteiger partial charge in [-0.05, 0) is 62.1 Å². The number of nitrogens with one attached hydrogen (secondary N) is 2. The Morgan fingerprint density at radius 2 is 2.22 bits per heavy atom. The quantitative estimate of drug-likeness (QED) is 0.894. The second-order valence-electron chi connectivity index (χ2n) is 7.15. The molecule has 4 nitrogen and oxygen atoms in total. The minimum absolute atomic E-state index is 0.00425. The van der Waals surface area contributed by atoms with Crippen LogP contribution >= 0.6 is 11.8 Å². The number of anilines is 1. The molecule has 3 aliphatic rings. The first kappa shape index (κ1) is 15.1. The van der Waals surface area contributed by atoms with Gasteiger partial charge in [-0.3, -0.25) is 9.59 Å². The Kier molecular flexibility index (Phi) is 3.84. The maximum atomic E-state index is 12.6. The van der Waals surface area contributed by atoms with E-state index < -0.39 is 0 Å². The Bertz CT molecular complexity index is 660. The van der Waals surface area contributed by atoms with Gasteiger partial charge in [-0.25, -0.2) is 0 Å². The molecule has 2 fully saturated rings. The minimum atomic E-state index is -0.0344. The SMILES string of the molecule is CC(NC(=O)c1ccc2c(c1)NC(=O)CS2)C1CC2CCC1C2. The Labute approximate surface area is 140 Å². The van der Waals surface area contributed by atoms with Crippen molar-refractivity contribution in [3.8, 4) is 0 Å². The van der Waals surface area contributed by atoms with Gasteiger partial charge in [0, 0.05) is 16.5 Å². The topological polar surface area (TPSA) is 58.2 Å². The van der Waals surface area contributed by atoms with E-state index in [1.807, 2.05) is 12.1 Å². The van der Waals surface area contributed by atoms with Crippen molar-refractivity contribution < 1.29 is 9.59 Å². The number of hydrogen-bond acceptors (Lipinski definition) is 3. The first-order valence-corrected chi connectivity index (χ1v) is 9.46. The lowest BCUT2D eigenvalue weighted by Crippen LogP contribution is -2.40. The lowest BCUT2D eigenvalue weighted by atomic mass is 9.84. The molecule has 1 aromatic rings. The molecule has 0 saturated heterocycles. The highest BCUT2D eigenvalue weighted by molar-refractivity contribution is 8.00. The molecule has 2 N–H and O–H groups in total. The van der Waals surface area contributed by atoms with Gasteiger partial charge in [0.1, 0.15) is 0 Å². The zero-order valence-electron chi connectivity index (χ0n) is 13.3. The van der Waals surface area contributed by atoms with Crippen molar-refractivity contribution in [2.24, 2.45) is 17.8 Å². The van der Waals surface area contributed by atoms with Crippen molar-refractivity contribution in [2.45, 2.75) is 43.5 Å². The second-order valence-corrected chi connectivity index (χ2v) is 8.17. The molecule has 23 heavy (non-hydrogen) atoms. The number of rotatable bonds is 3. The van der Waals surface area contributed by atoms with Crippen molar-refractivity contribution >= 4 is 29.3 Å². The van der Waals surface area contributed by atoms with Gasteiger partial charge in [0.05, 0.1) is 11.4 Å². The highest BCUT2D eigenvalue weighted by Crippen LogP contribution is 2.49. The van der Waals surface area contributed by atoms with Crippen LogP contribution in [0.25, 0.3) is 0 Å². The van der Waals surface area contributed by atoms with Crippen LogP contribution in [0.5, 0.6) is 0 Å². The molecular formula is C18H22N2O2S. The monoisotopic (exact) mass is 330 g/mol. The van der Waals surface area contributed by atoms with Crippen LogP contribution in [-0.4, -0.2) is 23.6 Å². The van der Waals surface area contributed by atoms with Crippen LogP contribution in [0.15, 0.2) is 23.1 Å².